The molecule has 2 aromatic rings. The molecule has 0 saturated heterocycles. The van der Waals surface area contributed by atoms with Gasteiger partial charge < -0.3 is 5.32 Å². The lowest BCUT2D eigenvalue weighted by Crippen LogP contribution is -2.33. The van der Waals surface area contributed by atoms with Gasteiger partial charge in [0, 0.05) is 29.0 Å². The molecule has 0 saturated carbocycles. The summed E-state index contributed by atoms with van der Waals surface area (Å²) in [5.41, 5.74) is 1.73. The first kappa shape index (κ1) is 16.0. The number of hydrogen-bond donors (Lipinski definition) is 1. The van der Waals surface area contributed by atoms with Gasteiger partial charge in [-0.3, -0.25) is 4.98 Å². The molecule has 0 fully saturated rings. The van der Waals surface area contributed by atoms with Gasteiger partial charge in [-0.25, -0.2) is 8.78 Å². The Morgan fingerprint density at radius 1 is 1.05 bits per heavy atom. The van der Waals surface area contributed by atoms with Gasteiger partial charge in [-0.15, -0.1) is 0 Å². The first-order valence-corrected chi connectivity index (χ1v) is 7.64. The SMILES string of the molecule is CCNC(Cc1cc(F)cc(F)c1)Cc1cncc(Br)c1. The van der Waals surface area contributed by atoms with Gasteiger partial charge in [0.25, 0.3) is 0 Å². The molecule has 1 aromatic heterocycles. The summed E-state index contributed by atoms with van der Waals surface area (Å²) in [6.45, 7) is 2.81. The third kappa shape index (κ3) is 5.17. The second kappa shape index (κ2) is 7.61. The van der Waals surface area contributed by atoms with E-state index >= 15 is 0 Å². The van der Waals surface area contributed by atoms with E-state index in [1.807, 2.05) is 13.0 Å². The normalized spacial score (nSPS) is 12.4. The molecule has 5 heteroatoms. The van der Waals surface area contributed by atoms with E-state index in [4.69, 9.17) is 0 Å². The van der Waals surface area contributed by atoms with Crippen LogP contribution in [0.1, 0.15) is 18.1 Å². The van der Waals surface area contributed by atoms with Gasteiger partial charge in [-0.05, 0) is 64.6 Å². The van der Waals surface area contributed by atoms with Crippen LogP contribution in [-0.4, -0.2) is 17.6 Å². The molecule has 1 unspecified atom stereocenters. The first-order chi connectivity index (χ1) is 10.1. The predicted molar refractivity (Wildman–Crippen MR) is 83.2 cm³/mol. The smallest absolute Gasteiger partial charge is 0.126 e. The largest absolute Gasteiger partial charge is 0.314 e. The van der Waals surface area contributed by atoms with Gasteiger partial charge in [0.1, 0.15) is 11.6 Å². The molecule has 0 bridgehead atoms. The molecule has 21 heavy (non-hydrogen) atoms. The van der Waals surface area contributed by atoms with E-state index in [-0.39, 0.29) is 6.04 Å². The van der Waals surface area contributed by atoms with E-state index in [2.05, 4.69) is 26.2 Å². The summed E-state index contributed by atoms with van der Waals surface area (Å²) in [7, 11) is 0. The van der Waals surface area contributed by atoms with Crippen LogP contribution in [0.25, 0.3) is 0 Å². The summed E-state index contributed by atoms with van der Waals surface area (Å²) in [5.74, 6) is -1.08. The Labute approximate surface area is 131 Å². The summed E-state index contributed by atoms with van der Waals surface area (Å²) in [6.07, 6.45) is 4.85. The van der Waals surface area contributed by atoms with E-state index in [0.717, 1.165) is 29.1 Å². The molecule has 0 amide bonds. The molecule has 0 radical (unpaired) electrons. The molecular formula is C16H17BrF2N2. The zero-order valence-electron chi connectivity index (χ0n) is 11.7. The van der Waals surface area contributed by atoms with Crippen LogP contribution in [0.2, 0.25) is 0 Å². The Morgan fingerprint density at radius 3 is 2.33 bits per heavy atom. The maximum atomic E-state index is 13.3. The lowest BCUT2D eigenvalue weighted by atomic mass is 9.99. The molecule has 2 nitrogen and oxygen atoms in total. The molecule has 2 rings (SSSR count). The van der Waals surface area contributed by atoms with Gasteiger partial charge in [0.05, 0.1) is 0 Å². The number of nitrogens with zero attached hydrogens (tertiary/aromatic N) is 1. The van der Waals surface area contributed by atoms with Crippen molar-refractivity contribution in [2.75, 3.05) is 6.54 Å². The average molecular weight is 355 g/mol. The standard InChI is InChI=1S/C16H17BrF2N2/c1-2-21-16(7-12-3-13(17)10-20-9-12)6-11-4-14(18)8-15(19)5-11/h3-5,8-10,16,21H,2,6-7H2,1H3. The Kier molecular flexibility index (Phi) is 5.82. The van der Waals surface area contributed by atoms with Crippen LogP contribution in [0, 0.1) is 11.6 Å². The second-order valence-corrected chi connectivity index (χ2v) is 5.87. The third-order valence-electron chi connectivity index (χ3n) is 3.14. The van der Waals surface area contributed by atoms with Crippen molar-refractivity contribution < 1.29 is 8.78 Å². The molecule has 112 valence electrons. The maximum absolute atomic E-state index is 13.3. The number of hydrogen-bond acceptors (Lipinski definition) is 2. The minimum Gasteiger partial charge on any atom is -0.314 e. The highest BCUT2D eigenvalue weighted by molar-refractivity contribution is 9.10. The maximum Gasteiger partial charge on any atom is 0.126 e. The van der Waals surface area contributed by atoms with Crippen molar-refractivity contribution in [3.63, 3.8) is 0 Å². The van der Waals surface area contributed by atoms with Gasteiger partial charge in [-0.2, -0.15) is 0 Å². The topological polar surface area (TPSA) is 24.9 Å². The van der Waals surface area contributed by atoms with Crippen LogP contribution >= 0.6 is 15.9 Å². The molecule has 0 aliphatic heterocycles. The van der Waals surface area contributed by atoms with Gasteiger partial charge in [0.15, 0.2) is 0 Å². The fraction of sp³-hybridized carbons (Fsp3) is 0.312. The first-order valence-electron chi connectivity index (χ1n) is 6.84. The van der Waals surface area contributed by atoms with E-state index in [1.54, 1.807) is 12.4 Å². The number of aromatic nitrogens is 1. The fourth-order valence-electron chi connectivity index (χ4n) is 2.37. The quantitative estimate of drug-likeness (QED) is 0.851. The van der Waals surface area contributed by atoms with Crippen LogP contribution in [0.5, 0.6) is 0 Å². The van der Waals surface area contributed by atoms with Crippen molar-refractivity contribution in [2.24, 2.45) is 0 Å². The minimum atomic E-state index is -0.538. The molecule has 1 aromatic carbocycles. The molecule has 1 N–H and O–H groups in total. The van der Waals surface area contributed by atoms with Crippen LogP contribution in [0.15, 0.2) is 41.1 Å². The number of nitrogens with one attached hydrogen (secondary N) is 1. The Balaban J connectivity index is 2.11. The highest BCUT2D eigenvalue weighted by Gasteiger charge is 2.12. The molecular weight excluding hydrogens is 338 g/mol. The summed E-state index contributed by atoms with van der Waals surface area (Å²) < 4.78 is 27.5. The van der Waals surface area contributed by atoms with Crippen molar-refractivity contribution in [3.05, 3.63) is 63.9 Å². The second-order valence-electron chi connectivity index (χ2n) is 4.95. The van der Waals surface area contributed by atoms with Crippen molar-refractivity contribution >= 4 is 15.9 Å². The number of halogens is 3. The number of likely N-dealkylation sites (N-methyl/N-ethyl adjacent to an activating group) is 1. The summed E-state index contributed by atoms with van der Waals surface area (Å²) in [5, 5.41) is 3.35. The van der Waals surface area contributed by atoms with Crippen LogP contribution in [0.4, 0.5) is 8.78 Å². The Hall–Kier alpha value is -1.33. The van der Waals surface area contributed by atoms with Crippen molar-refractivity contribution in [3.8, 4) is 0 Å². The van der Waals surface area contributed by atoms with E-state index in [1.165, 1.54) is 12.1 Å². The van der Waals surface area contributed by atoms with Gasteiger partial charge in [-0.1, -0.05) is 6.92 Å². The monoisotopic (exact) mass is 354 g/mol. The fourth-order valence-corrected chi connectivity index (χ4v) is 2.78. The highest BCUT2D eigenvalue weighted by atomic mass is 79.9. The van der Waals surface area contributed by atoms with Crippen molar-refractivity contribution in [1.29, 1.82) is 0 Å². The zero-order valence-corrected chi connectivity index (χ0v) is 13.3. The van der Waals surface area contributed by atoms with E-state index in [9.17, 15) is 8.78 Å². The number of pyridine rings is 1. The molecule has 0 aliphatic rings. The van der Waals surface area contributed by atoms with E-state index in [0.29, 0.717) is 12.0 Å². The predicted octanol–water partition coefficient (Wildman–Crippen LogP) is 3.89. The number of rotatable bonds is 6. The number of benzene rings is 1. The summed E-state index contributed by atoms with van der Waals surface area (Å²) in [4.78, 5) is 4.14. The molecule has 0 spiro atoms. The summed E-state index contributed by atoms with van der Waals surface area (Å²) in [6, 6.07) is 5.76. The van der Waals surface area contributed by atoms with Crippen molar-refractivity contribution in [2.45, 2.75) is 25.8 Å². The van der Waals surface area contributed by atoms with E-state index < -0.39 is 11.6 Å². The molecule has 0 aliphatic carbocycles. The Morgan fingerprint density at radius 2 is 1.71 bits per heavy atom. The lowest BCUT2D eigenvalue weighted by Gasteiger charge is -2.18. The van der Waals surface area contributed by atoms with Crippen LogP contribution in [-0.2, 0) is 12.8 Å². The van der Waals surface area contributed by atoms with Gasteiger partial charge >= 0.3 is 0 Å². The third-order valence-corrected chi connectivity index (χ3v) is 3.57. The zero-order chi connectivity index (χ0) is 15.2. The van der Waals surface area contributed by atoms with Crippen molar-refractivity contribution in [1.82, 2.24) is 10.3 Å². The van der Waals surface area contributed by atoms with Crippen LogP contribution < -0.4 is 5.32 Å². The Bertz CT molecular complexity index is 584. The highest BCUT2D eigenvalue weighted by Crippen LogP contribution is 2.15. The molecule has 1 atom stereocenters. The van der Waals surface area contributed by atoms with Gasteiger partial charge in [0.2, 0.25) is 0 Å². The minimum absolute atomic E-state index is 0.104. The average Bonchev–Trinajstić information content (AvgIpc) is 2.37. The lowest BCUT2D eigenvalue weighted by molar-refractivity contribution is 0.515. The summed E-state index contributed by atoms with van der Waals surface area (Å²) >= 11 is 3.39. The molecule has 1 heterocycles. The van der Waals surface area contributed by atoms with Crippen LogP contribution in [0.3, 0.4) is 0 Å².